The highest BCUT2D eigenvalue weighted by molar-refractivity contribution is 5.81. The number of rotatable bonds is 6. The Morgan fingerprint density at radius 2 is 1.23 bits per heavy atom. The van der Waals surface area contributed by atoms with Gasteiger partial charge in [-0.25, -0.2) is 0 Å². The highest BCUT2D eigenvalue weighted by atomic mass is 16.7. The van der Waals surface area contributed by atoms with Crippen molar-refractivity contribution in [3.8, 4) is 0 Å². The predicted molar refractivity (Wildman–Crippen MR) is 99.6 cm³/mol. The third-order valence-corrected chi connectivity index (χ3v) is 3.95. The second kappa shape index (κ2) is 10.4. The zero-order valence-electron chi connectivity index (χ0n) is 18.2. The summed E-state index contributed by atoms with van der Waals surface area (Å²) in [5.41, 5.74) is -0.820. The number of amides is 1. The van der Waals surface area contributed by atoms with Crippen LogP contribution in [0.3, 0.4) is 0 Å². The Balaban J connectivity index is 3.37. The Morgan fingerprint density at radius 1 is 0.767 bits per heavy atom. The summed E-state index contributed by atoms with van der Waals surface area (Å²) in [5, 5.41) is 2.60. The molecule has 11 nitrogen and oxygen atoms in total. The van der Waals surface area contributed by atoms with Crippen molar-refractivity contribution in [2.45, 2.75) is 79.1 Å². The number of ether oxygens (including phenoxy) is 5. The van der Waals surface area contributed by atoms with Crippen molar-refractivity contribution in [1.82, 2.24) is 5.32 Å². The summed E-state index contributed by atoms with van der Waals surface area (Å²) in [7, 11) is 0. The van der Waals surface area contributed by atoms with Crippen LogP contribution in [0.15, 0.2) is 0 Å². The van der Waals surface area contributed by atoms with Crippen LogP contribution in [-0.2, 0) is 47.7 Å². The minimum Gasteiger partial charge on any atom is -0.463 e. The zero-order chi connectivity index (χ0) is 23.2. The first-order valence-corrected chi connectivity index (χ1v) is 9.33. The molecule has 0 aromatic heterocycles. The van der Waals surface area contributed by atoms with Gasteiger partial charge in [0, 0.05) is 33.1 Å². The normalized spacial score (nSPS) is 26.2. The molecule has 0 saturated carbocycles. The van der Waals surface area contributed by atoms with Crippen LogP contribution >= 0.6 is 0 Å². The van der Waals surface area contributed by atoms with Gasteiger partial charge in [0.2, 0.25) is 5.91 Å². The average Bonchev–Trinajstić information content (AvgIpc) is 2.56. The van der Waals surface area contributed by atoms with Crippen molar-refractivity contribution < 1.29 is 47.7 Å². The molecule has 1 heterocycles. The molecule has 0 aromatic carbocycles. The summed E-state index contributed by atoms with van der Waals surface area (Å²) in [5.74, 6) is -3.28. The van der Waals surface area contributed by atoms with Gasteiger partial charge in [-0.1, -0.05) is 20.8 Å². The molecule has 11 heteroatoms. The quantitative estimate of drug-likeness (QED) is 0.458. The fraction of sp³-hybridized carbons (Fsp3) is 0.737. The average molecular weight is 431 g/mol. The molecule has 170 valence electrons. The maximum absolute atomic E-state index is 12.5. The first-order valence-electron chi connectivity index (χ1n) is 9.33. The zero-order valence-corrected chi connectivity index (χ0v) is 18.2. The van der Waals surface area contributed by atoms with Gasteiger partial charge < -0.3 is 29.0 Å². The van der Waals surface area contributed by atoms with E-state index in [1.807, 2.05) is 0 Å². The molecule has 1 aliphatic rings. The Morgan fingerprint density at radius 3 is 1.67 bits per heavy atom. The first-order chi connectivity index (χ1) is 13.7. The Hall–Kier alpha value is -2.69. The predicted octanol–water partition coefficient (Wildman–Crippen LogP) is 0.232. The Bertz CT molecular complexity index is 683. The van der Waals surface area contributed by atoms with Crippen molar-refractivity contribution in [2.75, 3.05) is 6.61 Å². The van der Waals surface area contributed by atoms with Gasteiger partial charge in [0.1, 0.15) is 12.7 Å². The lowest BCUT2D eigenvalue weighted by molar-refractivity contribution is -0.257. The third-order valence-electron chi connectivity index (χ3n) is 3.95. The van der Waals surface area contributed by atoms with Gasteiger partial charge >= 0.3 is 23.9 Å². The molecule has 0 bridgehead atoms. The van der Waals surface area contributed by atoms with E-state index in [0.717, 1.165) is 20.8 Å². The van der Waals surface area contributed by atoms with Crippen LogP contribution < -0.4 is 5.32 Å². The highest BCUT2D eigenvalue weighted by Crippen LogP contribution is 2.29. The summed E-state index contributed by atoms with van der Waals surface area (Å²) in [6.07, 6.45) is -6.29. The van der Waals surface area contributed by atoms with Crippen molar-refractivity contribution in [3.05, 3.63) is 0 Å². The van der Waals surface area contributed by atoms with E-state index in [4.69, 9.17) is 23.7 Å². The fourth-order valence-electron chi connectivity index (χ4n) is 2.69. The minimum atomic E-state index is -1.32. The molecule has 0 aromatic rings. The number of nitrogens with one attached hydrogen (secondary N) is 1. The van der Waals surface area contributed by atoms with Gasteiger partial charge in [-0.15, -0.1) is 0 Å². The number of hydrogen-bond donors (Lipinski definition) is 1. The van der Waals surface area contributed by atoms with Gasteiger partial charge in [0.25, 0.3) is 0 Å². The second-order valence-corrected chi connectivity index (χ2v) is 7.84. The van der Waals surface area contributed by atoms with Gasteiger partial charge in [0.15, 0.2) is 24.5 Å². The molecule has 1 N–H and O–H groups in total. The number of carbonyl (C=O) groups is 5. The van der Waals surface area contributed by atoms with Crippen molar-refractivity contribution in [1.29, 1.82) is 0 Å². The molecule has 1 saturated heterocycles. The summed E-state index contributed by atoms with van der Waals surface area (Å²) < 4.78 is 26.5. The number of carbonyl (C=O) groups excluding carboxylic acids is 5. The molecule has 0 radical (unpaired) electrons. The van der Waals surface area contributed by atoms with Crippen LogP contribution in [0.4, 0.5) is 0 Å². The van der Waals surface area contributed by atoms with E-state index in [-0.39, 0.29) is 6.61 Å². The summed E-state index contributed by atoms with van der Waals surface area (Å²) >= 11 is 0. The molecular formula is C19H29NO10. The van der Waals surface area contributed by atoms with Gasteiger partial charge in [-0.3, -0.25) is 24.0 Å². The Kier molecular flexibility index (Phi) is 8.76. The standard InChI is InChI=1S/C19H29NO10/c1-9(21)26-8-13-14(27-10(2)22)15(28-11(3)23)16(29-12(4)24)17(30-13)20-18(25)19(5,6)7/h13-17H,8H2,1-7H3,(H,20,25)/t13-,14-,15+,16-,17-/m1/s1. The van der Waals surface area contributed by atoms with Crippen LogP contribution in [0.5, 0.6) is 0 Å². The molecule has 1 amide bonds. The second-order valence-electron chi connectivity index (χ2n) is 7.84. The van der Waals surface area contributed by atoms with E-state index < -0.39 is 65.8 Å². The fourth-order valence-corrected chi connectivity index (χ4v) is 2.69. The van der Waals surface area contributed by atoms with Crippen LogP contribution in [0.1, 0.15) is 48.5 Å². The number of hydrogen-bond acceptors (Lipinski definition) is 10. The van der Waals surface area contributed by atoms with E-state index in [2.05, 4.69) is 5.32 Å². The van der Waals surface area contributed by atoms with Crippen LogP contribution in [-0.4, -0.2) is 67.0 Å². The molecule has 30 heavy (non-hydrogen) atoms. The van der Waals surface area contributed by atoms with E-state index in [9.17, 15) is 24.0 Å². The highest BCUT2D eigenvalue weighted by Gasteiger charge is 2.53. The molecule has 5 atom stereocenters. The third kappa shape index (κ3) is 7.62. The summed E-state index contributed by atoms with van der Waals surface area (Å²) in [6, 6.07) is 0. The molecule has 1 aliphatic heterocycles. The number of esters is 4. The molecule has 0 spiro atoms. The molecule has 1 rings (SSSR count). The maximum Gasteiger partial charge on any atom is 0.303 e. The van der Waals surface area contributed by atoms with Crippen molar-refractivity contribution in [2.24, 2.45) is 5.41 Å². The molecular weight excluding hydrogens is 402 g/mol. The van der Waals surface area contributed by atoms with E-state index in [1.165, 1.54) is 6.92 Å². The molecule has 0 aliphatic carbocycles. The summed E-state index contributed by atoms with van der Waals surface area (Å²) in [4.78, 5) is 58.8. The van der Waals surface area contributed by atoms with E-state index in [1.54, 1.807) is 20.8 Å². The maximum atomic E-state index is 12.5. The Labute approximate surface area is 174 Å². The van der Waals surface area contributed by atoms with E-state index >= 15 is 0 Å². The summed E-state index contributed by atoms with van der Waals surface area (Å²) in [6.45, 7) is 9.17. The van der Waals surface area contributed by atoms with Crippen molar-refractivity contribution >= 4 is 29.8 Å². The lowest BCUT2D eigenvalue weighted by Gasteiger charge is -2.44. The lowest BCUT2D eigenvalue weighted by atomic mass is 9.93. The van der Waals surface area contributed by atoms with Crippen LogP contribution in [0, 0.1) is 5.41 Å². The largest absolute Gasteiger partial charge is 0.463 e. The smallest absolute Gasteiger partial charge is 0.303 e. The van der Waals surface area contributed by atoms with E-state index in [0.29, 0.717) is 0 Å². The van der Waals surface area contributed by atoms with Gasteiger partial charge in [-0.05, 0) is 0 Å². The monoisotopic (exact) mass is 431 g/mol. The van der Waals surface area contributed by atoms with Gasteiger partial charge in [-0.2, -0.15) is 0 Å². The molecule has 1 fully saturated rings. The first kappa shape index (κ1) is 25.3. The lowest BCUT2D eigenvalue weighted by Crippen LogP contribution is -2.66. The minimum absolute atomic E-state index is 0.361. The van der Waals surface area contributed by atoms with Crippen LogP contribution in [0.25, 0.3) is 0 Å². The van der Waals surface area contributed by atoms with Gasteiger partial charge in [0.05, 0.1) is 0 Å². The molecule has 0 unspecified atom stereocenters. The SMILES string of the molecule is CC(=O)OC[C@H]1O[C@@H](NC(=O)C(C)(C)C)[C@H](OC(C)=O)[C@@H](OC(C)=O)[C@@H]1OC(C)=O. The topological polar surface area (TPSA) is 144 Å². The van der Waals surface area contributed by atoms with Crippen LogP contribution in [0.2, 0.25) is 0 Å². The van der Waals surface area contributed by atoms with Crippen molar-refractivity contribution in [3.63, 3.8) is 0 Å².